The lowest BCUT2D eigenvalue weighted by Gasteiger charge is -2.21. The predicted octanol–water partition coefficient (Wildman–Crippen LogP) is 4.48. The lowest BCUT2D eigenvalue weighted by Crippen LogP contribution is -2.48. The Morgan fingerprint density at radius 2 is 1.65 bits per heavy atom. The third-order valence-corrected chi connectivity index (χ3v) is 5.73. The van der Waals surface area contributed by atoms with Crippen molar-refractivity contribution < 1.29 is 19.1 Å². The van der Waals surface area contributed by atoms with E-state index in [1.54, 1.807) is 31.2 Å². The highest BCUT2D eigenvalue weighted by molar-refractivity contribution is 7.18. The molecule has 0 bridgehead atoms. The lowest BCUT2D eigenvalue weighted by atomic mass is 10.0. The van der Waals surface area contributed by atoms with Gasteiger partial charge in [0.25, 0.3) is 0 Å². The summed E-state index contributed by atoms with van der Waals surface area (Å²) in [5.74, 6) is -1.01. The van der Waals surface area contributed by atoms with Gasteiger partial charge >= 0.3 is 12.0 Å². The van der Waals surface area contributed by atoms with Crippen LogP contribution < -0.4 is 16.0 Å². The molecular formula is C24H27N5O4S. The molecule has 178 valence electrons. The van der Waals surface area contributed by atoms with Crippen LogP contribution in [-0.4, -0.2) is 40.8 Å². The van der Waals surface area contributed by atoms with Gasteiger partial charge in [0.1, 0.15) is 11.0 Å². The Balaban J connectivity index is 1.60. The molecule has 1 aromatic heterocycles. The van der Waals surface area contributed by atoms with Gasteiger partial charge in [-0.15, -0.1) is 10.2 Å². The second-order valence-corrected chi connectivity index (χ2v) is 8.86. The summed E-state index contributed by atoms with van der Waals surface area (Å²) in [5, 5.41) is 17.3. The number of aryl methyl sites for hydroxylation is 1. The number of amides is 3. The highest BCUT2D eigenvalue weighted by atomic mass is 32.1. The van der Waals surface area contributed by atoms with Crippen molar-refractivity contribution in [2.45, 2.75) is 33.7 Å². The van der Waals surface area contributed by atoms with E-state index in [1.165, 1.54) is 11.3 Å². The number of urea groups is 1. The van der Waals surface area contributed by atoms with Crippen LogP contribution in [0.25, 0.3) is 10.6 Å². The number of ether oxygens (including phenoxy) is 1. The minimum absolute atomic E-state index is 0.179. The third kappa shape index (κ3) is 6.61. The number of benzene rings is 2. The zero-order valence-corrected chi connectivity index (χ0v) is 20.2. The van der Waals surface area contributed by atoms with E-state index in [-0.39, 0.29) is 12.5 Å². The molecule has 0 saturated heterocycles. The van der Waals surface area contributed by atoms with E-state index in [0.29, 0.717) is 21.4 Å². The summed E-state index contributed by atoms with van der Waals surface area (Å²) in [7, 11) is 0. The number of nitrogens with one attached hydrogen (secondary N) is 3. The molecule has 3 amide bonds. The van der Waals surface area contributed by atoms with Gasteiger partial charge in [0.05, 0.1) is 12.2 Å². The molecule has 0 aliphatic carbocycles. The Morgan fingerprint density at radius 1 is 0.971 bits per heavy atom. The molecule has 1 unspecified atom stereocenters. The highest BCUT2D eigenvalue weighted by Gasteiger charge is 2.25. The van der Waals surface area contributed by atoms with Crippen molar-refractivity contribution in [3.63, 3.8) is 0 Å². The zero-order valence-electron chi connectivity index (χ0n) is 19.4. The monoisotopic (exact) mass is 481 g/mol. The maximum Gasteiger partial charge on any atom is 0.338 e. The molecule has 0 aliphatic heterocycles. The zero-order chi connectivity index (χ0) is 24.7. The number of nitrogens with zero attached hydrogens (tertiary/aromatic N) is 2. The Labute approximate surface area is 201 Å². The Hall–Kier alpha value is -3.79. The summed E-state index contributed by atoms with van der Waals surface area (Å²) in [6.45, 7) is 7.67. The number of aromatic nitrogens is 2. The second-order valence-electron chi connectivity index (χ2n) is 7.89. The van der Waals surface area contributed by atoms with E-state index in [1.807, 2.05) is 45.0 Å². The van der Waals surface area contributed by atoms with E-state index >= 15 is 0 Å². The summed E-state index contributed by atoms with van der Waals surface area (Å²) in [6.07, 6.45) is 0. The van der Waals surface area contributed by atoms with Gasteiger partial charge in [0, 0.05) is 11.3 Å². The fourth-order valence-electron chi connectivity index (χ4n) is 3.02. The molecule has 10 heteroatoms. The molecule has 1 atom stereocenters. The fourth-order valence-corrected chi connectivity index (χ4v) is 3.77. The van der Waals surface area contributed by atoms with Crippen LogP contribution in [0, 0.1) is 12.8 Å². The number of carbonyl (C=O) groups excluding carboxylic acids is 3. The second kappa shape index (κ2) is 11.4. The molecule has 9 nitrogen and oxygen atoms in total. The minimum atomic E-state index is -0.800. The van der Waals surface area contributed by atoms with Crippen molar-refractivity contribution in [3.05, 3.63) is 59.7 Å². The molecule has 3 aromatic rings. The topological polar surface area (TPSA) is 122 Å². The average molecular weight is 482 g/mol. The summed E-state index contributed by atoms with van der Waals surface area (Å²) >= 11 is 1.26. The van der Waals surface area contributed by atoms with Crippen molar-refractivity contribution in [2.24, 2.45) is 5.92 Å². The fraction of sp³-hybridized carbons (Fsp3) is 0.292. The first-order valence-corrected chi connectivity index (χ1v) is 11.6. The summed E-state index contributed by atoms with van der Waals surface area (Å²) in [5.41, 5.74) is 2.91. The Bertz CT molecular complexity index is 1140. The van der Waals surface area contributed by atoms with Crippen molar-refractivity contribution in [1.82, 2.24) is 15.5 Å². The van der Waals surface area contributed by atoms with Crippen molar-refractivity contribution >= 4 is 40.1 Å². The molecule has 3 rings (SSSR count). The smallest absolute Gasteiger partial charge is 0.338 e. The van der Waals surface area contributed by atoms with E-state index in [4.69, 9.17) is 4.74 Å². The first-order valence-electron chi connectivity index (χ1n) is 10.8. The van der Waals surface area contributed by atoms with E-state index < -0.39 is 23.9 Å². The van der Waals surface area contributed by atoms with Crippen LogP contribution in [0.5, 0.6) is 0 Å². The molecule has 0 fully saturated rings. The highest BCUT2D eigenvalue weighted by Crippen LogP contribution is 2.26. The van der Waals surface area contributed by atoms with Crippen LogP contribution in [0.4, 0.5) is 15.6 Å². The van der Waals surface area contributed by atoms with Crippen molar-refractivity contribution in [1.29, 1.82) is 0 Å². The van der Waals surface area contributed by atoms with Gasteiger partial charge in [0.2, 0.25) is 11.0 Å². The maximum atomic E-state index is 12.8. The van der Waals surface area contributed by atoms with Crippen molar-refractivity contribution in [3.8, 4) is 10.6 Å². The van der Waals surface area contributed by atoms with Gasteiger partial charge in [-0.25, -0.2) is 9.59 Å². The van der Waals surface area contributed by atoms with Gasteiger partial charge in [0.15, 0.2) is 0 Å². The number of carbonyl (C=O) groups is 3. The van der Waals surface area contributed by atoms with Gasteiger partial charge in [-0.3, -0.25) is 10.1 Å². The number of hydrogen-bond donors (Lipinski definition) is 3. The van der Waals surface area contributed by atoms with Crippen LogP contribution in [-0.2, 0) is 9.53 Å². The molecule has 0 spiro atoms. The molecule has 0 saturated carbocycles. The molecule has 34 heavy (non-hydrogen) atoms. The molecular weight excluding hydrogens is 454 g/mol. The van der Waals surface area contributed by atoms with Gasteiger partial charge < -0.3 is 15.4 Å². The van der Waals surface area contributed by atoms with Crippen LogP contribution in [0.1, 0.15) is 36.7 Å². The lowest BCUT2D eigenvalue weighted by molar-refractivity contribution is -0.118. The van der Waals surface area contributed by atoms with Crippen LogP contribution in [0.15, 0.2) is 48.5 Å². The molecule has 2 aromatic carbocycles. The molecule has 0 aliphatic rings. The van der Waals surface area contributed by atoms with Crippen molar-refractivity contribution in [2.75, 3.05) is 17.2 Å². The minimum Gasteiger partial charge on any atom is -0.462 e. The Morgan fingerprint density at radius 3 is 2.26 bits per heavy atom. The van der Waals surface area contributed by atoms with Gasteiger partial charge in [-0.2, -0.15) is 0 Å². The first kappa shape index (κ1) is 24.8. The number of rotatable bonds is 8. The van der Waals surface area contributed by atoms with Gasteiger partial charge in [-0.1, -0.05) is 55.0 Å². The molecule has 1 heterocycles. The van der Waals surface area contributed by atoms with Crippen LogP contribution in [0.2, 0.25) is 0 Å². The van der Waals surface area contributed by atoms with Crippen LogP contribution >= 0.6 is 11.3 Å². The number of anilines is 2. The largest absolute Gasteiger partial charge is 0.462 e. The van der Waals surface area contributed by atoms with Crippen LogP contribution in [0.3, 0.4) is 0 Å². The predicted molar refractivity (Wildman–Crippen MR) is 132 cm³/mol. The van der Waals surface area contributed by atoms with Gasteiger partial charge in [-0.05, 0) is 44.0 Å². The standard InChI is InChI=1S/C24H27N5O4S/c1-5-33-22(31)17-10-12-18(13-11-17)25-23(32)26-19(14(2)3)20(30)27-24-29-28-21(34-24)16-8-6-15(4)7-9-16/h6-14,19H,5H2,1-4H3,(H2,25,26,32)(H,27,29,30). The summed E-state index contributed by atoms with van der Waals surface area (Å²) < 4.78 is 4.94. The van der Waals surface area contributed by atoms with E-state index in [0.717, 1.165) is 11.1 Å². The van der Waals surface area contributed by atoms with E-state index in [2.05, 4.69) is 26.1 Å². The SMILES string of the molecule is CCOC(=O)c1ccc(NC(=O)NC(C(=O)Nc2nnc(-c3ccc(C)cc3)s2)C(C)C)cc1. The summed E-state index contributed by atoms with van der Waals surface area (Å²) in [6, 6.07) is 12.8. The third-order valence-electron chi connectivity index (χ3n) is 4.84. The molecule has 0 radical (unpaired) electrons. The normalized spacial score (nSPS) is 11.6. The molecule has 3 N–H and O–H groups in total. The summed E-state index contributed by atoms with van der Waals surface area (Å²) in [4.78, 5) is 37.1. The van der Waals surface area contributed by atoms with E-state index in [9.17, 15) is 14.4 Å². The Kier molecular flexibility index (Phi) is 8.31. The number of esters is 1. The number of hydrogen-bond acceptors (Lipinski definition) is 7. The first-order chi connectivity index (χ1) is 16.3. The average Bonchev–Trinajstić information content (AvgIpc) is 3.26. The maximum absolute atomic E-state index is 12.8. The quantitative estimate of drug-likeness (QED) is 0.408.